The van der Waals surface area contributed by atoms with Crippen LogP contribution >= 0.6 is 11.3 Å². The van der Waals surface area contributed by atoms with Crippen LogP contribution in [0, 0.1) is 13.8 Å². The van der Waals surface area contributed by atoms with Gasteiger partial charge in [0.05, 0.1) is 19.3 Å². The number of morpholine rings is 1. The third-order valence-electron chi connectivity index (χ3n) is 5.17. The molecule has 0 aliphatic carbocycles. The van der Waals surface area contributed by atoms with Gasteiger partial charge in [0.1, 0.15) is 5.56 Å². The van der Waals surface area contributed by atoms with Crippen LogP contribution < -0.4 is 10.9 Å². The Bertz CT molecular complexity index is 1070. The van der Waals surface area contributed by atoms with E-state index in [-0.39, 0.29) is 17.2 Å². The molecule has 1 amide bonds. The zero-order valence-corrected chi connectivity index (χ0v) is 17.4. The Morgan fingerprint density at radius 1 is 1.24 bits per heavy atom. The van der Waals surface area contributed by atoms with Crippen LogP contribution in [0.15, 0.2) is 41.5 Å². The molecule has 3 heterocycles. The standard InChI is InChI=1S/C21H24N4O3S/c1-14-3-5-16(6-4-14)18(24-7-9-28-10-8-24)12-22-19(26)17-11-23-21-25(20(17)27)13-15(2)29-21/h3-6,11,13,18H,7-10,12H2,1-2H3,(H,22,26)/t18-/m0/s1. The van der Waals surface area contributed by atoms with E-state index in [4.69, 9.17) is 4.74 Å². The lowest BCUT2D eigenvalue weighted by Gasteiger charge is -2.35. The van der Waals surface area contributed by atoms with Crippen molar-refractivity contribution in [1.82, 2.24) is 19.6 Å². The van der Waals surface area contributed by atoms with Crippen molar-refractivity contribution in [2.75, 3.05) is 32.8 Å². The summed E-state index contributed by atoms with van der Waals surface area (Å²) >= 11 is 1.42. The number of thiazole rings is 1. The Morgan fingerprint density at radius 3 is 2.69 bits per heavy atom. The number of hydrogen-bond acceptors (Lipinski definition) is 6. The van der Waals surface area contributed by atoms with Crippen molar-refractivity contribution >= 4 is 22.2 Å². The molecule has 7 nitrogen and oxygen atoms in total. The smallest absolute Gasteiger partial charge is 0.271 e. The highest BCUT2D eigenvalue weighted by atomic mass is 32.1. The van der Waals surface area contributed by atoms with Gasteiger partial charge >= 0.3 is 0 Å². The lowest BCUT2D eigenvalue weighted by molar-refractivity contribution is 0.0162. The predicted molar refractivity (Wildman–Crippen MR) is 113 cm³/mol. The second-order valence-corrected chi connectivity index (χ2v) is 8.47. The zero-order valence-electron chi connectivity index (χ0n) is 16.6. The summed E-state index contributed by atoms with van der Waals surface area (Å²) in [5, 5.41) is 2.95. The highest BCUT2D eigenvalue weighted by Crippen LogP contribution is 2.22. The molecule has 0 unspecified atom stereocenters. The van der Waals surface area contributed by atoms with E-state index in [0.717, 1.165) is 23.5 Å². The Labute approximate surface area is 173 Å². The number of hydrogen-bond donors (Lipinski definition) is 1. The van der Waals surface area contributed by atoms with Crippen LogP contribution in [-0.2, 0) is 4.74 Å². The van der Waals surface area contributed by atoms with Crippen molar-refractivity contribution in [3.63, 3.8) is 0 Å². The van der Waals surface area contributed by atoms with Crippen molar-refractivity contribution in [3.05, 3.63) is 68.6 Å². The van der Waals surface area contributed by atoms with E-state index < -0.39 is 5.91 Å². The van der Waals surface area contributed by atoms with Gasteiger partial charge in [-0.1, -0.05) is 29.8 Å². The summed E-state index contributed by atoms with van der Waals surface area (Å²) in [4.78, 5) is 33.6. The second kappa shape index (κ2) is 8.44. The fourth-order valence-electron chi connectivity index (χ4n) is 3.57. The Kier molecular flexibility index (Phi) is 5.75. The Morgan fingerprint density at radius 2 is 1.97 bits per heavy atom. The molecule has 29 heavy (non-hydrogen) atoms. The van der Waals surface area contributed by atoms with E-state index in [0.29, 0.717) is 24.7 Å². The molecule has 1 saturated heterocycles. The minimum Gasteiger partial charge on any atom is -0.379 e. The Hall–Kier alpha value is -2.55. The van der Waals surface area contributed by atoms with Gasteiger partial charge in [-0.2, -0.15) is 0 Å². The Balaban J connectivity index is 1.55. The zero-order chi connectivity index (χ0) is 20.4. The molecule has 1 aliphatic rings. The van der Waals surface area contributed by atoms with Crippen molar-refractivity contribution in [2.24, 2.45) is 0 Å². The van der Waals surface area contributed by atoms with E-state index >= 15 is 0 Å². The first-order chi connectivity index (χ1) is 14.0. The fourth-order valence-corrected chi connectivity index (χ4v) is 4.36. The number of carbonyl (C=O) groups excluding carboxylic acids is 1. The summed E-state index contributed by atoms with van der Waals surface area (Å²) in [6.07, 6.45) is 3.09. The molecule has 0 bridgehead atoms. The number of aromatic nitrogens is 2. The number of carbonyl (C=O) groups is 1. The largest absolute Gasteiger partial charge is 0.379 e. The molecule has 0 spiro atoms. The van der Waals surface area contributed by atoms with E-state index in [2.05, 4.69) is 46.4 Å². The van der Waals surface area contributed by atoms with Gasteiger partial charge in [-0.15, -0.1) is 11.3 Å². The summed E-state index contributed by atoms with van der Waals surface area (Å²) in [5.74, 6) is -0.397. The van der Waals surface area contributed by atoms with Crippen molar-refractivity contribution in [2.45, 2.75) is 19.9 Å². The number of benzene rings is 1. The quantitative estimate of drug-likeness (QED) is 0.695. The molecule has 1 fully saturated rings. The molecular formula is C21H24N4O3S. The van der Waals surface area contributed by atoms with Crippen LogP contribution in [0.3, 0.4) is 0 Å². The van der Waals surface area contributed by atoms with Crippen LogP contribution in [-0.4, -0.2) is 53.0 Å². The average molecular weight is 413 g/mol. The molecule has 0 radical (unpaired) electrons. The van der Waals surface area contributed by atoms with Crippen LogP contribution in [0.5, 0.6) is 0 Å². The highest BCUT2D eigenvalue weighted by molar-refractivity contribution is 7.16. The second-order valence-electron chi connectivity index (χ2n) is 7.26. The minimum absolute atomic E-state index is 0.0197. The summed E-state index contributed by atoms with van der Waals surface area (Å²) in [6, 6.07) is 8.36. The van der Waals surface area contributed by atoms with Crippen LogP contribution in [0.2, 0.25) is 0 Å². The van der Waals surface area contributed by atoms with Gasteiger partial charge in [-0.3, -0.25) is 18.9 Å². The van der Waals surface area contributed by atoms with Crippen molar-refractivity contribution in [1.29, 1.82) is 0 Å². The van der Waals surface area contributed by atoms with Crippen LogP contribution in [0.1, 0.15) is 32.4 Å². The normalized spacial score (nSPS) is 16.1. The number of nitrogens with one attached hydrogen (secondary N) is 1. The lowest BCUT2D eigenvalue weighted by atomic mass is 10.0. The third kappa shape index (κ3) is 4.24. The SMILES string of the molecule is Cc1ccc([C@H](CNC(=O)c2cnc3sc(C)cn3c2=O)N2CCOCC2)cc1. The monoisotopic (exact) mass is 412 g/mol. The van der Waals surface area contributed by atoms with Crippen molar-refractivity contribution in [3.8, 4) is 0 Å². The van der Waals surface area contributed by atoms with E-state index in [9.17, 15) is 9.59 Å². The summed E-state index contributed by atoms with van der Waals surface area (Å²) in [6.45, 7) is 7.33. The third-order valence-corrected chi connectivity index (χ3v) is 6.08. The molecule has 1 aromatic carbocycles. The first-order valence-electron chi connectivity index (χ1n) is 9.67. The van der Waals surface area contributed by atoms with Crippen LogP contribution in [0.25, 0.3) is 4.96 Å². The lowest BCUT2D eigenvalue weighted by Crippen LogP contribution is -2.44. The minimum atomic E-state index is -0.397. The molecule has 152 valence electrons. The van der Waals surface area contributed by atoms with Gasteiger partial charge in [-0.05, 0) is 19.4 Å². The van der Waals surface area contributed by atoms with Gasteiger partial charge in [-0.25, -0.2) is 4.98 Å². The molecule has 1 N–H and O–H groups in total. The average Bonchev–Trinajstić information content (AvgIpc) is 3.12. The number of fused-ring (bicyclic) bond motifs is 1. The summed E-state index contributed by atoms with van der Waals surface area (Å²) < 4.78 is 6.92. The molecule has 1 aliphatic heterocycles. The number of aryl methyl sites for hydroxylation is 2. The van der Waals surface area contributed by atoms with E-state index in [1.54, 1.807) is 6.20 Å². The molecule has 2 aromatic heterocycles. The molecule has 8 heteroatoms. The van der Waals surface area contributed by atoms with Gasteiger partial charge < -0.3 is 10.1 Å². The summed E-state index contributed by atoms with van der Waals surface area (Å²) in [7, 11) is 0. The topological polar surface area (TPSA) is 75.9 Å². The number of nitrogens with zero attached hydrogens (tertiary/aromatic N) is 3. The number of rotatable bonds is 5. The van der Waals surface area contributed by atoms with E-state index in [1.165, 1.54) is 27.5 Å². The molecule has 1 atom stereocenters. The molecule has 4 rings (SSSR count). The first-order valence-corrected chi connectivity index (χ1v) is 10.5. The maximum absolute atomic E-state index is 12.8. The number of ether oxygens (including phenoxy) is 1. The highest BCUT2D eigenvalue weighted by Gasteiger charge is 2.24. The van der Waals surface area contributed by atoms with Gasteiger partial charge in [0.2, 0.25) is 0 Å². The predicted octanol–water partition coefficient (Wildman–Crippen LogP) is 2.18. The van der Waals surface area contributed by atoms with Gasteiger partial charge in [0.25, 0.3) is 11.5 Å². The van der Waals surface area contributed by atoms with Crippen LogP contribution in [0.4, 0.5) is 0 Å². The van der Waals surface area contributed by atoms with Gasteiger partial charge in [0.15, 0.2) is 4.96 Å². The molecule has 3 aromatic rings. The van der Waals surface area contributed by atoms with E-state index in [1.807, 2.05) is 6.92 Å². The summed E-state index contributed by atoms with van der Waals surface area (Å²) in [5.41, 5.74) is 2.05. The maximum atomic E-state index is 12.8. The maximum Gasteiger partial charge on any atom is 0.271 e. The molecule has 0 saturated carbocycles. The first kappa shape index (κ1) is 19.8. The van der Waals surface area contributed by atoms with Crippen molar-refractivity contribution < 1.29 is 9.53 Å². The number of amides is 1. The van der Waals surface area contributed by atoms with Gasteiger partial charge in [0, 0.05) is 36.9 Å². The molecular weight excluding hydrogens is 388 g/mol. The fraction of sp³-hybridized carbons (Fsp3) is 0.381.